The highest BCUT2D eigenvalue weighted by molar-refractivity contribution is 9.10. The lowest BCUT2D eigenvalue weighted by molar-refractivity contribution is 0.609. The van der Waals surface area contributed by atoms with Crippen LogP contribution < -0.4 is 5.32 Å². The first-order valence-electron chi connectivity index (χ1n) is 4.71. The molecule has 1 N–H and O–H groups in total. The molecule has 0 fully saturated rings. The average molecular weight is 287 g/mol. The van der Waals surface area contributed by atoms with Gasteiger partial charge in [0, 0.05) is 22.0 Å². The predicted octanol–water partition coefficient (Wildman–Crippen LogP) is 3.78. The first kappa shape index (κ1) is 12.6. The van der Waals surface area contributed by atoms with Crippen LogP contribution in [0.3, 0.4) is 0 Å². The maximum Gasteiger partial charge on any atom is 0.0439 e. The Bertz CT molecular complexity index is 392. The zero-order valence-electron chi connectivity index (χ0n) is 8.77. The summed E-state index contributed by atoms with van der Waals surface area (Å²) in [7, 11) is 1.93. The van der Waals surface area contributed by atoms with Gasteiger partial charge in [-0.1, -0.05) is 33.6 Å². The van der Waals surface area contributed by atoms with E-state index in [4.69, 9.17) is 11.6 Å². The molecular formula is C12H13BrClN. The summed E-state index contributed by atoms with van der Waals surface area (Å²) in [5, 5.41) is 3.98. The molecule has 0 bridgehead atoms. The van der Waals surface area contributed by atoms with Gasteiger partial charge in [0.1, 0.15) is 0 Å². The molecule has 0 aliphatic carbocycles. The van der Waals surface area contributed by atoms with Crippen LogP contribution >= 0.6 is 27.5 Å². The molecule has 1 aromatic carbocycles. The minimum Gasteiger partial charge on any atom is -0.312 e. The first-order chi connectivity index (χ1) is 7.19. The Morgan fingerprint density at radius 2 is 2.27 bits per heavy atom. The normalized spacial score (nSPS) is 11.7. The zero-order chi connectivity index (χ0) is 11.3. The van der Waals surface area contributed by atoms with Crippen LogP contribution in [0.15, 0.2) is 22.7 Å². The first-order valence-corrected chi connectivity index (χ1v) is 5.88. The van der Waals surface area contributed by atoms with Crippen LogP contribution in [0.5, 0.6) is 0 Å². The molecule has 0 amide bonds. The zero-order valence-corrected chi connectivity index (χ0v) is 11.1. The van der Waals surface area contributed by atoms with Crippen molar-refractivity contribution < 1.29 is 0 Å². The van der Waals surface area contributed by atoms with Crippen LogP contribution in [0.2, 0.25) is 5.02 Å². The van der Waals surface area contributed by atoms with E-state index in [2.05, 4.69) is 33.1 Å². The monoisotopic (exact) mass is 285 g/mol. The number of rotatable bonds is 3. The molecule has 1 atom stereocenters. The Balaban J connectivity index is 2.94. The van der Waals surface area contributed by atoms with Crippen LogP contribution in [0.1, 0.15) is 24.9 Å². The van der Waals surface area contributed by atoms with E-state index in [1.54, 1.807) is 0 Å². The molecule has 0 heterocycles. The molecule has 3 heteroatoms. The molecule has 1 unspecified atom stereocenters. The number of hydrogen-bond donors (Lipinski definition) is 1. The fraction of sp³-hybridized carbons (Fsp3) is 0.333. The van der Waals surface area contributed by atoms with E-state index in [9.17, 15) is 0 Å². The Kier molecular flexibility index (Phi) is 5.17. The van der Waals surface area contributed by atoms with Gasteiger partial charge in [-0.15, -0.1) is 11.8 Å². The fourth-order valence-electron chi connectivity index (χ4n) is 1.36. The van der Waals surface area contributed by atoms with Crippen molar-refractivity contribution in [2.75, 3.05) is 7.05 Å². The van der Waals surface area contributed by atoms with E-state index in [0.717, 1.165) is 15.9 Å². The van der Waals surface area contributed by atoms with Gasteiger partial charge < -0.3 is 5.32 Å². The molecule has 0 saturated carbocycles. The van der Waals surface area contributed by atoms with Gasteiger partial charge in [-0.05, 0) is 31.7 Å². The lowest BCUT2D eigenvalue weighted by atomic mass is 10.0. The van der Waals surface area contributed by atoms with Gasteiger partial charge in [0.25, 0.3) is 0 Å². The second-order valence-corrected chi connectivity index (χ2v) is 4.43. The van der Waals surface area contributed by atoms with E-state index in [-0.39, 0.29) is 6.04 Å². The van der Waals surface area contributed by atoms with E-state index in [1.165, 1.54) is 5.56 Å². The van der Waals surface area contributed by atoms with Crippen LogP contribution in [0.25, 0.3) is 0 Å². The molecule has 1 rings (SSSR count). The molecule has 0 radical (unpaired) electrons. The molecule has 1 nitrogen and oxygen atoms in total. The van der Waals surface area contributed by atoms with Gasteiger partial charge in [-0.25, -0.2) is 0 Å². The Morgan fingerprint density at radius 3 is 2.80 bits per heavy atom. The summed E-state index contributed by atoms with van der Waals surface area (Å²) in [6.07, 6.45) is 0.799. The van der Waals surface area contributed by atoms with Gasteiger partial charge in [-0.3, -0.25) is 0 Å². The molecule has 0 aliphatic heterocycles. The van der Waals surface area contributed by atoms with Crippen molar-refractivity contribution in [2.24, 2.45) is 0 Å². The van der Waals surface area contributed by atoms with Crippen LogP contribution in [0, 0.1) is 11.8 Å². The lowest BCUT2D eigenvalue weighted by Crippen LogP contribution is -2.16. The maximum absolute atomic E-state index is 5.89. The largest absolute Gasteiger partial charge is 0.312 e. The van der Waals surface area contributed by atoms with Crippen molar-refractivity contribution in [2.45, 2.75) is 19.4 Å². The Morgan fingerprint density at radius 1 is 1.53 bits per heavy atom. The second kappa shape index (κ2) is 6.17. The quantitative estimate of drug-likeness (QED) is 0.834. The Labute approximate surface area is 104 Å². The van der Waals surface area contributed by atoms with Gasteiger partial charge in [0.15, 0.2) is 0 Å². The highest BCUT2D eigenvalue weighted by Crippen LogP contribution is 2.27. The molecule has 80 valence electrons. The highest BCUT2D eigenvalue weighted by atomic mass is 79.9. The predicted molar refractivity (Wildman–Crippen MR) is 69.0 cm³/mol. The summed E-state index contributed by atoms with van der Waals surface area (Å²) in [5.41, 5.74) is 1.18. The average Bonchev–Trinajstić information content (AvgIpc) is 2.21. The summed E-state index contributed by atoms with van der Waals surface area (Å²) >= 11 is 9.40. The number of nitrogens with one attached hydrogen (secondary N) is 1. The third-order valence-corrected chi connectivity index (χ3v) is 3.09. The van der Waals surface area contributed by atoms with Gasteiger partial charge in [0.2, 0.25) is 0 Å². The highest BCUT2D eigenvalue weighted by Gasteiger charge is 2.11. The smallest absolute Gasteiger partial charge is 0.0439 e. The summed E-state index contributed by atoms with van der Waals surface area (Å²) in [4.78, 5) is 0. The SMILES string of the molecule is CC#CCC(NC)c1ccc(Cl)cc1Br. The topological polar surface area (TPSA) is 12.0 Å². The standard InChI is InChI=1S/C12H13BrClN/c1-3-4-5-12(15-2)10-7-6-9(14)8-11(10)13/h6-8,12,15H,5H2,1-2H3. The van der Waals surface area contributed by atoms with Crippen molar-refractivity contribution in [1.29, 1.82) is 0 Å². The van der Waals surface area contributed by atoms with E-state index in [0.29, 0.717) is 0 Å². The summed E-state index contributed by atoms with van der Waals surface area (Å²) in [6.45, 7) is 1.85. The fourth-order valence-corrected chi connectivity index (χ4v) is 2.31. The van der Waals surface area contributed by atoms with E-state index in [1.807, 2.05) is 32.2 Å². The summed E-state index contributed by atoms with van der Waals surface area (Å²) in [6, 6.07) is 6.06. The molecule has 1 aromatic rings. The minimum absolute atomic E-state index is 0.240. The van der Waals surface area contributed by atoms with Gasteiger partial charge in [-0.2, -0.15) is 0 Å². The van der Waals surface area contributed by atoms with Crippen LogP contribution in [0.4, 0.5) is 0 Å². The summed E-state index contributed by atoms with van der Waals surface area (Å²) in [5.74, 6) is 5.97. The lowest BCUT2D eigenvalue weighted by Gasteiger charge is -2.15. The van der Waals surface area contributed by atoms with Crippen molar-refractivity contribution in [3.8, 4) is 11.8 Å². The third-order valence-electron chi connectivity index (χ3n) is 2.17. The molecule has 15 heavy (non-hydrogen) atoms. The van der Waals surface area contributed by atoms with Gasteiger partial charge >= 0.3 is 0 Å². The molecule has 0 spiro atoms. The van der Waals surface area contributed by atoms with Crippen molar-refractivity contribution >= 4 is 27.5 Å². The third kappa shape index (κ3) is 3.53. The minimum atomic E-state index is 0.240. The number of hydrogen-bond acceptors (Lipinski definition) is 1. The van der Waals surface area contributed by atoms with E-state index < -0.39 is 0 Å². The Hall–Kier alpha value is -0.490. The van der Waals surface area contributed by atoms with E-state index >= 15 is 0 Å². The van der Waals surface area contributed by atoms with Crippen molar-refractivity contribution in [3.63, 3.8) is 0 Å². The van der Waals surface area contributed by atoms with Gasteiger partial charge in [0.05, 0.1) is 0 Å². The molecule has 0 saturated heterocycles. The molecular weight excluding hydrogens is 273 g/mol. The second-order valence-electron chi connectivity index (χ2n) is 3.14. The number of halogens is 2. The number of benzene rings is 1. The molecule has 0 aromatic heterocycles. The summed E-state index contributed by atoms with van der Waals surface area (Å²) < 4.78 is 1.02. The van der Waals surface area contributed by atoms with Crippen molar-refractivity contribution in [1.82, 2.24) is 5.32 Å². The van der Waals surface area contributed by atoms with Crippen LogP contribution in [-0.4, -0.2) is 7.05 Å². The molecule has 0 aliphatic rings. The van der Waals surface area contributed by atoms with Crippen molar-refractivity contribution in [3.05, 3.63) is 33.3 Å². The van der Waals surface area contributed by atoms with Crippen LogP contribution in [-0.2, 0) is 0 Å². The maximum atomic E-state index is 5.89.